The Labute approximate surface area is 139 Å². The summed E-state index contributed by atoms with van der Waals surface area (Å²) in [4.78, 5) is 29.7. The predicted molar refractivity (Wildman–Crippen MR) is 89.9 cm³/mol. The fraction of sp³-hybridized carbons (Fsp3) is 0.889. The van der Waals surface area contributed by atoms with E-state index in [9.17, 15) is 9.59 Å². The SMILES string of the molecule is CCC(C)C(=O)N1CCCC(C(=O)N2C3CCNCC2CC3)C1. The standard InChI is InChI=1S/C18H31N3O2/c1-3-13(2)17(22)20-10-4-5-14(12-20)18(23)21-15-6-7-16(21)11-19-9-8-15/h13-16,19H,3-12H2,1-2H3. The molecule has 2 bridgehead atoms. The Morgan fingerprint density at radius 2 is 1.96 bits per heavy atom. The maximum atomic E-state index is 13.1. The number of rotatable bonds is 3. The number of fused-ring (bicyclic) bond motifs is 2. The van der Waals surface area contributed by atoms with Gasteiger partial charge in [-0.1, -0.05) is 13.8 Å². The van der Waals surface area contributed by atoms with Crippen molar-refractivity contribution in [2.75, 3.05) is 26.2 Å². The van der Waals surface area contributed by atoms with Crippen LogP contribution in [0.3, 0.4) is 0 Å². The monoisotopic (exact) mass is 321 g/mol. The summed E-state index contributed by atoms with van der Waals surface area (Å²) in [6, 6.07) is 0.791. The molecule has 3 rings (SSSR count). The maximum absolute atomic E-state index is 13.1. The second-order valence-electron chi connectivity index (χ2n) is 7.56. The largest absolute Gasteiger partial charge is 0.342 e. The highest BCUT2D eigenvalue weighted by molar-refractivity contribution is 5.83. The van der Waals surface area contributed by atoms with Gasteiger partial charge in [0.15, 0.2) is 0 Å². The lowest BCUT2D eigenvalue weighted by molar-refractivity contribution is -0.144. The number of hydrogen-bond donors (Lipinski definition) is 1. The Hall–Kier alpha value is -1.10. The normalized spacial score (nSPS) is 32.5. The van der Waals surface area contributed by atoms with E-state index in [4.69, 9.17) is 0 Å². The Balaban J connectivity index is 1.66. The molecule has 4 unspecified atom stereocenters. The van der Waals surface area contributed by atoms with Gasteiger partial charge >= 0.3 is 0 Å². The molecule has 1 N–H and O–H groups in total. The highest BCUT2D eigenvalue weighted by Gasteiger charge is 2.41. The smallest absolute Gasteiger partial charge is 0.228 e. The lowest BCUT2D eigenvalue weighted by atomic mass is 9.94. The molecule has 0 aromatic rings. The van der Waals surface area contributed by atoms with Gasteiger partial charge in [0.1, 0.15) is 0 Å². The van der Waals surface area contributed by atoms with Crippen LogP contribution in [0.1, 0.15) is 52.4 Å². The van der Waals surface area contributed by atoms with Crippen molar-refractivity contribution in [3.8, 4) is 0 Å². The molecule has 130 valence electrons. The number of piperidine rings is 1. The lowest BCUT2D eigenvalue weighted by Gasteiger charge is -2.37. The van der Waals surface area contributed by atoms with Gasteiger partial charge in [-0.3, -0.25) is 9.59 Å². The van der Waals surface area contributed by atoms with Crippen molar-refractivity contribution in [3.05, 3.63) is 0 Å². The molecular formula is C18H31N3O2. The summed E-state index contributed by atoms with van der Waals surface area (Å²) in [6.07, 6.45) is 6.12. The van der Waals surface area contributed by atoms with Gasteiger partial charge in [0.25, 0.3) is 0 Å². The molecular weight excluding hydrogens is 290 g/mol. The summed E-state index contributed by atoms with van der Waals surface area (Å²) >= 11 is 0. The quantitative estimate of drug-likeness (QED) is 0.859. The summed E-state index contributed by atoms with van der Waals surface area (Å²) in [7, 11) is 0. The van der Waals surface area contributed by atoms with Crippen LogP contribution >= 0.6 is 0 Å². The zero-order chi connectivity index (χ0) is 16.4. The van der Waals surface area contributed by atoms with Crippen molar-refractivity contribution >= 4 is 11.8 Å². The third kappa shape index (κ3) is 3.39. The number of amides is 2. The van der Waals surface area contributed by atoms with E-state index in [1.807, 2.05) is 11.8 Å². The van der Waals surface area contributed by atoms with E-state index in [0.717, 1.165) is 58.2 Å². The summed E-state index contributed by atoms with van der Waals surface area (Å²) in [5.41, 5.74) is 0. The first-order chi connectivity index (χ1) is 11.1. The van der Waals surface area contributed by atoms with Gasteiger partial charge in [-0.25, -0.2) is 0 Å². The van der Waals surface area contributed by atoms with Crippen LogP contribution in [0.15, 0.2) is 0 Å². The molecule has 3 heterocycles. The second kappa shape index (κ2) is 7.20. The minimum absolute atomic E-state index is 0.0120. The van der Waals surface area contributed by atoms with Crippen LogP contribution in [0.5, 0.6) is 0 Å². The Kier molecular flexibility index (Phi) is 5.24. The number of nitrogens with zero attached hydrogens (tertiary/aromatic N) is 2. The van der Waals surface area contributed by atoms with Crippen molar-refractivity contribution in [2.24, 2.45) is 11.8 Å². The highest BCUT2D eigenvalue weighted by atomic mass is 16.2. The van der Waals surface area contributed by atoms with Crippen LogP contribution in [0, 0.1) is 11.8 Å². The molecule has 5 heteroatoms. The molecule has 3 aliphatic rings. The molecule has 4 atom stereocenters. The van der Waals surface area contributed by atoms with Gasteiger partial charge < -0.3 is 15.1 Å². The van der Waals surface area contributed by atoms with E-state index in [-0.39, 0.29) is 17.7 Å². The zero-order valence-corrected chi connectivity index (χ0v) is 14.6. The van der Waals surface area contributed by atoms with Crippen molar-refractivity contribution in [3.63, 3.8) is 0 Å². The minimum atomic E-state index is 0.0120. The van der Waals surface area contributed by atoms with Crippen molar-refractivity contribution in [1.82, 2.24) is 15.1 Å². The molecule has 3 saturated heterocycles. The van der Waals surface area contributed by atoms with E-state index in [0.29, 0.717) is 24.5 Å². The highest BCUT2D eigenvalue weighted by Crippen LogP contribution is 2.31. The van der Waals surface area contributed by atoms with E-state index in [1.165, 1.54) is 0 Å². The molecule has 0 aliphatic carbocycles. The van der Waals surface area contributed by atoms with Gasteiger partial charge in [-0.15, -0.1) is 0 Å². The number of carbonyl (C=O) groups is 2. The van der Waals surface area contributed by atoms with Crippen LogP contribution < -0.4 is 5.32 Å². The van der Waals surface area contributed by atoms with Crippen molar-refractivity contribution in [1.29, 1.82) is 0 Å². The third-order valence-corrected chi connectivity index (χ3v) is 6.02. The molecule has 0 aromatic carbocycles. The molecule has 0 radical (unpaired) electrons. The van der Waals surface area contributed by atoms with Crippen LogP contribution in [-0.2, 0) is 9.59 Å². The second-order valence-corrected chi connectivity index (χ2v) is 7.56. The topological polar surface area (TPSA) is 52.7 Å². The van der Waals surface area contributed by atoms with Crippen LogP contribution in [-0.4, -0.2) is 59.9 Å². The van der Waals surface area contributed by atoms with Crippen LogP contribution in [0.25, 0.3) is 0 Å². The minimum Gasteiger partial charge on any atom is -0.342 e. The molecule has 0 saturated carbocycles. The molecule has 0 spiro atoms. The molecule has 0 aromatic heterocycles. The Morgan fingerprint density at radius 1 is 1.17 bits per heavy atom. The first-order valence-electron chi connectivity index (χ1n) is 9.43. The summed E-state index contributed by atoms with van der Waals surface area (Å²) in [5, 5.41) is 3.46. The maximum Gasteiger partial charge on any atom is 0.228 e. The molecule has 3 aliphatic heterocycles. The first-order valence-corrected chi connectivity index (χ1v) is 9.43. The summed E-state index contributed by atoms with van der Waals surface area (Å²) in [6.45, 7) is 7.46. The number of carbonyl (C=O) groups excluding carboxylic acids is 2. The third-order valence-electron chi connectivity index (χ3n) is 6.02. The Bertz CT molecular complexity index is 440. The van der Waals surface area contributed by atoms with Crippen molar-refractivity contribution < 1.29 is 9.59 Å². The predicted octanol–water partition coefficient (Wildman–Crippen LogP) is 1.62. The van der Waals surface area contributed by atoms with Gasteiger partial charge in [0.2, 0.25) is 11.8 Å². The molecule has 23 heavy (non-hydrogen) atoms. The molecule has 2 amide bonds. The zero-order valence-electron chi connectivity index (χ0n) is 14.6. The van der Waals surface area contributed by atoms with Crippen molar-refractivity contribution in [2.45, 2.75) is 64.5 Å². The fourth-order valence-corrected chi connectivity index (χ4v) is 4.42. The average Bonchev–Trinajstić information content (AvgIpc) is 2.85. The van der Waals surface area contributed by atoms with Gasteiger partial charge in [0, 0.05) is 37.6 Å². The first kappa shape index (κ1) is 16.7. The molecule has 5 nitrogen and oxygen atoms in total. The number of hydrogen-bond acceptors (Lipinski definition) is 3. The summed E-state index contributed by atoms with van der Waals surface area (Å²) < 4.78 is 0. The van der Waals surface area contributed by atoms with Crippen LogP contribution in [0.2, 0.25) is 0 Å². The van der Waals surface area contributed by atoms with E-state index >= 15 is 0 Å². The van der Waals surface area contributed by atoms with E-state index < -0.39 is 0 Å². The lowest BCUT2D eigenvalue weighted by Crippen LogP contribution is -2.51. The van der Waals surface area contributed by atoms with Crippen LogP contribution in [0.4, 0.5) is 0 Å². The number of nitrogens with one attached hydrogen (secondary N) is 1. The van der Waals surface area contributed by atoms with E-state index in [2.05, 4.69) is 17.1 Å². The molecule has 3 fully saturated rings. The van der Waals surface area contributed by atoms with Gasteiger partial charge in [-0.05, 0) is 45.1 Å². The van der Waals surface area contributed by atoms with Gasteiger partial charge in [0.05, 0.1) is 5.92 Å². The number of likely N-dealkylation sites (tertiary alicyclic amines) is 1. The average molecular weight is 321 g/mol. The Morgan fingerprint density at radius 3 is 2.74 bits per heavy atom. The fourth-order valence-electron chi connectivity index (χ4n) is 4.42. The van der Waals surface area contributed by atoms with Gasteiger partial charge in [-0.2, -0.15) is 0 Å². The summed E-state index contributed by atoms with van der Waals surface area (Å²) in [5.74, 6) is 0.619. The van der Waals surface area contributed by atoms with E-state index in [1.54, 1.807) is 0 Å².